The van der Waals surface area contributed by atoms with Gasteiger partial charge in [0.15, 0.2) is 11.5 Å². The molecule has 124 valence electrons. The van der Waals surface area contributed by atoms with E-state index in [0.29, 0.717) is 12.6 Å². The van der Waals surface area contributed by atoms with Crippen molar-refractivity contribution in [3.05, 3.63) is 52.5 Å². The fourth-order valence-corrected chi connectivity index (χ4v) is 3.15. The lowest BCUT2D eigenvalue weighted by molar-refractivity contribution is 0.174. The predicted octanol–water partition coefficient (Wildman–Crippen LogP) is 4.37. The number of halogens is 1. The largest absolute Gasteiger partial charge is 0.454 e. The van der Waals surface area contributed by atoms with Crippen molar-refractivity contribution in [2.75, 3.05) is 12.1 Å². The highest BCUT2D eigenvalue weighted by molar-refractivity contribution is 9.10. The van der Waals surface area contributed by atoms with Crippen LogP contribution in [-0.4, -0.2) is 23.8 Å². The van der Waals surface area contributed by atoms with E-state index < -0.39 is 0 Å². The van der Waals surface area contributed by atoms with Gasteiger partial charge in [0.25, 0.3) is 0 Å². The van der Waals surface area contributed by atoms with Crippen molar-refractivity contribution in [1.82, 2.24) is 4.90 Å². The Morgan fingerprint density at radius 2 is 2.00 bits per heavy atom. The molecule has 0 spiro atoms. The molecule has 2 aromatic rings. The van der Waals surface area contributed by atoms with E-state index in [1.165, 1.54) is 0 Å². The SMILES string of the molecule is O=C(Nc1cccc(Br)c1)N(Cc1ccc2c(c1)OCO2)C1CC1. The molecule has 0 saturated heterocycles. The minimum Gasteiger partial charge on any atom is -0.454 e. The predicted molar refractivity (Wildman–Crippen MR) is 94.3 cm³/mol. The average Bonchev–Trinajstić information content (AvgIpc) is 3.29. The zero-order valence-corrected chi connectivity index (χ0v) is 14.6. The van der Waals surface area contributed by atoms with Gasteiger partial charge in [-0.2, -0.15) is 0 Å². The molecule has 5 nitrogen and oxygen atoms in total. The summed E-state index contributed by atoms with van der Waals surface area (Å²) in [6.45, 7) is 0.815. The van der Waals surface area contributed by atoms with Gasteiger partial charge >= 0.3 is 6.03 Å². The average molecular weight is 389 g/mol. The number of nitrogens with zero attached hydrogens (tertiary/aromatic N) is 1. The number of carbonyl (C=O) groups is 1. The molecule has 0 atom stereocenters. The molecular weight excluding hydrogens is 372 g/mol. The van der Waals surface area contributed by atoms with Gasteiger partial charge in [-0.05, 0) is 48.7 Å². The second-order valence-electron chi connectivity index (χ2n) is 5.99. The van der Waals surface area contributed by atoms with E-state index in [9.17, 15) is 4.79 Å². The minimum atomic E-state index is -0.0757. The quantitative estimate of drug-likeness (QED) is 0.845. The summed E-state index contributed by atoms with van der Waals surface area (Å²) in [6.07, 6.45) is 2.10. The van der Waals surface area contributed by atoms with E-state index in [1.54, 1.807) is 0 Å². The number of benzene rings is 2. The molecule has 1 aliphatic carbocycles. The number of rotatable bonds is 4. The number of carbonyl (C=O) groups excluding carboxylic acids is 1. The first-order valence-corrected chi connectivity index (χ1v) is 8.70. The number of amides is 2. The molecule has 6 heteroatoms. The summed E-state index contributed by atoms with van der Waals surface area (Å²) in [7, 11) is 0. The third-order valence-electron chi connectivity index (χ3n) is 4.11. The van der Waals surface area contributed by atoms with Crippen LogP contribution in [0.1, 0.15) is 18.4 Å². The number of hydrogen-bond donors (Lipinski definition) is 1. The molecule has 2 aromatic carbocycles. The Bertz CT molecular complexity index is 777. The molecule has 2 aliphatic rings. The van der Waals surface area contributed by atoms with E-state index >= 15 is 0 Å². The summed E-state index contributed by atoms with van der Waals surface area (Å²) in [4.78, 5) is 14.6. The molecule has 24 heavy (non-hydrogen) atoms. The molecule has 0 bridgehead atoms. The second-order valence-corrected chi connectivity index (χ2v) is 6.90. The Balaban J connectivity index is 1.49. The number of urea groups is 1. The van der Waals surface area contributed by atoms with Crippen LogP contribution in [0.4, 0.5) is 10.5 Å². The Morgan fingerprint density at radius 3 is 2.79 bits per heavy atom. The van der Waals surface area contributed by atoms with Crippen LogP contribution in [0.2, 0.25) is 0 Å². The molecule has 1 saturated carbocycles. The zero-order chi connectivity index (χ0) is 16.5. The summed E-state index contributed by atoms with van der Waals surface area (Å²) in [5.41, 5.74) is 1.82. The van der Waals surface area contributed by atoms with Crippen molar-refractivity contribution < 1.29 is 14.3 Å². The lowest BCUT2D eigenvalue weighted by Crippen LogP contribution is -2.36. The van der Waals surface area contributed by atoms with E-state index in [1.807, 2.05) is 47.4 Å². The summed E-state index contributed by atoms with van der Waals surface area (Å²) >= 11 is 3.42. The van der Waals surface area contributed by atoms with Crippen LogP contribution in [0, 0.1) is 0 Å². The maximum absolute atomic E-state index is 12.7. The van der Waals surface area contributed by atoms with Crippen molar-refractivity contribution in [2.24, 2.45) is 0 Å². The third kappa shape index (κ3) is 3.33. The normalized spacial score (nSPS) is 15.2. The van der Waals surface area contributed by atoms with Gasteiger partial charge < -0.3 is 19.7 Å². The van der Waals surface area contributed by atoms with Gasteiger partial charge in [0.1, 0.15) is 0 Å². The van der Waals surface area contributed by atoms with Gasteiger partial charge in [0.05, 0.1) is 0 Å². The van der Waals surface area contributed by atoms with Gasteiger partial charge in [0, 0.05) is 22.7 Å². The van der Waals surface area contributed by atoms with Crippen LogP contribution in [0.25, 0.3) is 0 Å². The fourth-order valence-electron chi connectivity index (χ4n) is 2.75. The highest BCUT2D eigenvalue weighted by Crippen LogP contribution is 2.34. The molecule has 1 fully saturated rings. The molecule has 1 aliphatic heterocycles. The highest BCUT2D eigenvalue weighted by Gasteiger charge is 2.33. The molecule has 4 rings (SSSR count). The summed E-state index contributed by atoms with van der Waals surface area (Å²) in [6, 6.07) is 13.7. The molecule has 1 N–H and O–H groups in total. The monoisotopic (exact) mass is 388 g/mol. The van der Waals surface area contributed by atoms with Gasteiger partial charge in [0.2, 0.25) is 6.79 Å². The van der Waals surface area contributed by atoms with Crippen LogP contribution in [0.5, 0.6) is 11.5 Å². The molecule has 2 amide bonds. The number of fused-ring (bicyclic) bond motifs is 1. The molecule has 1 heterocycles. The van der Waals surface area contributed by atoms with Gasteiger partial charge in [-0.3, -0.25) is 0 Å². The Morgan fingerprint density at radius 1 is 1.17 bits per heavy atom. The van der Waals surface area contributed by atoms with E-state index in [0.717, 1.165) is 40.1 Å². The number of ether oxygens (including phenoxy) is 2. The maximum Gasteiger partial charge on any atom is 0.322 e. The van der Waals surface area contributed by atoms with Crippen molar-refractivity contribution in [3.63, 3.8) is 0 Å². The first-order valence-electron chi connectivity index (χ1n) is 7.91. The van der Waals surface area contributed by atoms with Gasteiger partial charge in [-0.1, -0.05) is 28.1 Å². The lowest BCUT2D eigenvalue weighted by atomic mass is 10.2. The number of nitrogens with one attached hydrogen (secondary N) is 1. The van der Waals surface area contributed by atoms with Crippen LogP contribution < -0.4 is 14.8 Å². The van der Waals surface area contributed by atoms with Crippen molar-refractivity contribution in [3.8, 4) is 11.5 Å². The lowest BCUT2D eigenvalue weighted by Gasteiger charge is -2.23. The van der Waals surface area contributed by atoms with Crippen molar-refractivity contribution in [1.29, 1.82) is 0 Å². The number of hydrogen-bond acceptors (Lipinski definition) is 3. The van der Waals surface area contributed by atoms with Gasteiger partial charge in [-0.25, -0.2) is 4.79 Å². The maximum atomic E-state index is 12.7. The van der Waals surface area contributed by atoms with Crippen LogP contribution in [-0.2, 0) is 6.54 Å². The van der Waals surface area contributed by atoms with E-state index in [2.05, 4.69) is 21.2 Å². The third-order valence-corrected chi connectivity index (χ3v) is 4.61. The molecule has 0 radical (unpaired) electrons. The minimum absolute atomic E-state index is 0.0757. The van der Waals surface area contributed by atoms with Crippen LogP contribution >= 0.6 is 15.9 Å². The highest BCUT2D eigenvalue weighted by atomic mass is 79.9. The molecular formula is C18H17BrN2O3. The van der Waals surface area contributed by atoms with Crippen molar-refractivity contribution in [2.45, 2.75) is 25.4 Å². The molecule has 0 unspecified atom stereocenters. The Kier molecular flexibility index (Phi) is 4.06. The van der Waals surface area contributed by atoms with Gasteiger partial charge in [-0.15, -0.1) is 0 Å². The Hall–Kier alpha value is -2.21. The topological polar surface area (TPSA) is 50.8 Å². The second kappa shape index (κ2) is 6.36. The first kappa shape index (κ1) is 15.3. The number of anilines is 1. The zero-order valence-electron chi connectivity index (χ0n) is 13.0. The van der Waals surface area contributed by atoms with E-state index in [-0.39, 0.29) is 12.8 Å². The summed E-state index contributed by atoms with van der Waals surface area (Å²) in [5, 5.41) is 2.98. The smallest absolute Gasteiger partial charge is 0.322 e. The van der Waals surface area contributed by atoms with Crippen LogP contribution in [0.15, 0.2) is 46.9 Å². The first-order chi connectivity index (χ1) is 11.7. The summed E-state index contributed by atoms with van der Waals surface area (Å²) < 4.78 is 11.7. The Labute approximate surface area is 148 Å². The standard InChI is InChI=1S/C18H17BrN2O3/c19-13-2-1-3-14(9-13)20-18(22)21(15-5-6-15)10-12-4-7-16-17(8-12)24-11-23-16/h1-4,7-9,15H,5-6,10-11H2,(H,20,22). The fraction of sp³-hybridized carbons (Fsp3) is 0.278. The van der Waals surface area contributed by atoms with Crippen LogP contribution in [0.3, 0.4) is 0 Å². The van der Waals surface area contributed by atoms with E-state index in [4.69, 9.17) is 9.47 Å². The van der Waals surface area contributed by atoms with Crippen molar-refractivity contribution >= 4 is 27.6 Å². The summed E-state index contributed by atoms with van der Waals surface area (Å²) in [5.74, 6) is 1.51. The molecule has 0 aromatic heterocycles.